The summed E-state index contributed by atoms with van der Waals surface area (Å²) in [5.74, 6) is -0.835. The third-order valence-electron chi connectivity index (χ3n) is 1.21. The second-order valence-corrected chi connectivity index (χ2v) is 2.14. The molecule has 0 fully saturated rings. The van der Waals surface area contributed by atoms with Gasteiger partial charge in [0.1, 0.15) is 5.69 Å². The van der Waals surface area contributed by atoms with Gasteiger partial charge in [0.2, 0.25) is 12.2 Å². The number of rotatable bonds is 1. The first-order valence-electron chi connectivity index (χ1n) is 3.53. The van der Waals surface area contributed by atoms with Crippen LogP contribution in [0.1, 0.15) is 10.5 Å². The molecule has 1 heterocycles. The smallest absolute Gasteiger partial charge is 0.278 e. The summed E-state index contributed by atoms with van der Waals surface area (Å²) >= 11 is 0. The lowest BCUT2D eigenvalue weighted by Crippen LogP contribution is -2.36. The molecule has 7 heteroatoms. The number of nitrogens with two attached hydrogens (primary N) is 1. The van der Waals surface area contributed by atoms with E-state index >= 15 is 0 Å². The van der Waals surface area contributed by atoms with Crippen molar-refractivity contribution in [2.75, 3.05) is 0 Å². The molecule has 7 nitrogen and oxygen atoms in total. The van der Waals surface area contributed by atoms with E-state index in [9.17, 15) is 4.79 Å². The molecular weight excluding hydrogens is 184 g/mol. The van der Waals surface area contributed by atoms with Crippen molar-refractivity contribution in [1.29, 1.82) is 5.26 Å². The summed E-state index contributed by atoms with van der Waals surface area (Å²) < 4.78 is 0. The van der Waals surface area contributed by atoms with Crippen LogP contribution < -0.4 is 11.1 Å². The third kappa shape index (κ3) is 2.53. The normalized spacial score (nSPS) is 10.4. The van der Waals surface area contributed by atoms with Gasteiger partial charge in [0.15, 0.2) is 0 Å². The molecule has 0 atom stereocenters. The highest BCUT2D eigenvalue weighted by Crippen LogP contribution is 1.88. The largest absolute Gasteiger partial charge is 0.369 e. The number of carbonyl (C=O) groups is 1. The highest BCUT2D eigenvalue weighted by Gasteiger charge is 2.07. The van der Waals surface area contributed by atoms with Crippen molar-refractivity contribution in [3.8, 4) is 6.19 Å². The Morgan fingerprint density at radius 2 is 2.43 bits per heavy atom. The summed E-state index contributed by atoms with van der Waals surface area (Å²) in [6, 6.07) is 0. The van der Waals surface area contributed by atoms with E-state index in [1.54, 1.807) is 0 Å². The molecule has 1 aromatic rings. The van der Waals surface area contributed by atoms with E-state index in [0.717, 1.165) is 0 Å². The first-order valence-corrected chi connectivity index (χ1v) is 3.53. The van der Waals surface area contributed by atoms with Crippen LogP contribution in [0.3, 0.4) is 0 Å². The zero-order valence-electron chi connectivity index (χ0n) is 7.01. The first kappa shape index (κ1) is 9.60. The molecule has 1 amide bonds. The van der Waals surface area contributed by atoms with Gasteiger partial charge in [0, 0.05) is 12.4 Å². The van der Waals surface area contributed by atoms with Crippen LogP contribution in [0.25, 0.3) is 0 Å². The minimum absolute atomic E-state index is 0.101. The highest BCUT2D eigenvalue weighted by atomic mass is 16.2. The van der Waals surface area contributed by atoms with E-state index in [1.165, 1.54) is 24.8 Å². The van der Waals surface area contributed by atoms with E-state index in [0.29, 0.717) is 0 Å². The fourth-order valence-electron chi connectivity index (χ4n) is 0.679. The maximum Gasteiger partial charge on any atom is 0.278 e. The molecule has 0 unspecified atom stereocenters. The van der Waals surface area contributed by atoms with Crippen LogP contribution in [0.2, 0.25) is 0 Å². The second kappa shape index (κ2) is 4.51. The molecule has 0 aliphatic heterocycles. The molecule has 14 heavy (non-hydrogen) atoms. The van der Waals surface area contributed by atoms with Crippen molar-refractivity contribution in [2.45, 2.75) is 0 Å². The Labute approximate surface area is 79.3 Å². The predicted molar refractivity (Wildman–Crippen MR) is 46.7 cm³/mol. The van der Waals surface area contributed by atoms with Gasteiger partial charge >= 0.3 is 0 Å². The van der Waals surface area contributed by atoms with E-state index in [4.69, 9.17) is 11.0 Å². The molecule has 0 radical (unpaired) electrons. The highest BCUT2D eigenvalue weighted by molar-refractivity contribution is 6.04. The van der Waals surface area contributed by atoms with Gasteiger partial charge < -0.3 is 5.73 Å². The van der Waals surface area contributed by atoms with Gasteiger partial charge in [-0.05, 0) is 0 Å². The van der Waals surface area contributed by atoms with Gasteiger partial charge in [-0.15, -0.1) is 4.99 Å². The lowest BCUT2D eigenvalue weighted by Gasteiger charge is -2.00. The predicted octanol–water partition coefficient (Wildman–Crippen LogP) is -0.998. The van der Waals surface area contributed by atoms with E-state index in [-0.39, 0.29) is 11.7 Å². The summed E-state index contributed by atoms with van der Waals surface area (Å²) in [6.45, 7) is 0. The van der Waals surface area contributed by atoms with Crippen molar-refractivity contribution in [2.24, 2.45) is 10.7 Å². The van der Waals surface area contributed by atoms with Crippen LogP contribution in [-0.2, 0) is 0 Å². The van der Waals surface area contributed by atoms with E-state index in [2.05, 4.69) is 20.3 Å². The Hall–Kier alpha value is -2.49. The number of carbonyl (C=O) groups excluding carboxylic acids is 1. The molecule has 0 saturated carbocycles. The summed E-state index contributed by atoms with van der Waals surface area (Å²) in [4.78, 5) is 21.8. The van der Waals surface area contributed by atoms with Gasteiger partial charge in [-0.2, -0.15) is 5.26 Å². The van der Waals surface area contributed by atoms with Crippen molar-refractivity contribution in [1.82, 2.24) is 15.3 Å². The Balaban J connectivity index is 2.70. The van der Waals surface area contributed by atoms with Crippen molar-refractivity contribution < 1.29 is 4.79 Å². The summed E-state index contributed by atoms with van der Waals surface area (Å²) in [7, 11) is 0. The lowest BCUT2D eigenvalue weighted by molar-refractivity contribution is 0.0971. The zero-order valence-corrected chi connectivity index (χ0v) is 7.01. The van der Waals surface area contributed by atoms with Crippen LogP contribution in [0.15, 0.2) is 23.6 Å². The van der Waals surface area contributed by atoms with Crippen molar-refractivity contribution in [3.05, 3.63) is 24.3 Å². The van der Waals surface area contributed by atoms with Crippen LogP contribution in [0.5, 0.6) is 0 Å². The summed E-state index contributed by atoms with van der Waals surface area (Å²) in [5, 5.41) is 10.3. The monoisotopic (exact) mass is 190 g/mol. The molecule has 0 aliphatic carbocycles. The van der Waals surface area contributed by atoms with Gasteiger partial charge in [0.05, 0.1) is 6.20 Å². The molecule has 1 rings (SSSR count). The van der Waals surface area contributed by atoms with Crippen LogP contribution in [0.4, 0.5) is 0 Å². The van der Waals surface area contributed by atoms with Crippen molar-refractivity contribution >= 4 is 11.9 Å². The maximum absolute atomic E-state index is 11.2. The van der Waals surface area contributed by atoms with Gasteiger partial charge in [-0.25, -0.2) is 4.98 Å². The average molecular weight is 190 g/mol. The summed E-state index contributed by atoms with van der Waals surface area (Å²) in [5.41, 5.74) is 5.27. The maximum atomic E-state index is 11.2. The van der Waals surface area contributed by atoms with Gasteiger partial charge in [-0.1, -0.05) is 0 Å². The van der Waals surface area contributed by atoms with E-state index in [1.807, 2.05) is 0 Å². The standard InChI is InChI=1S/C7H6N6O/c8-4-12-7(9)13-6(14)5-3-10-1-2-11-5/h1-3H,(H3,9,12,13,14). The third-order valence-corrected chi connectivity index (χ3v) is 1.21. The number of nitrogens with zero attached hydrogens (tertiary/aromatic N) is 4. The molecule has 0 aliphatic rings. The molecule has 70 valence electrons. The Kier molecular flexibility index (Phi) is 3.09. The Bertz CT molecular complexity index is 392. The molecule has 0 saturated heterocycles. The van der Waals surface area contributed by atoms with Crippen LogP contribution in [0, 0.1) is 11.5 Å². The fraction of sp³-hybridized carbons (Fsp3) is 0. The topological polar surface area (TPSA) is 117 Å². The number of nitriles is 1. The molecule has 0 spiro atoms. The minimum Gasteiger partial charge on any atom is -0.369 e. The van der Waals surface area contributed by atoms with Gasteiger partial charge in [0.25, 0.3) is 5.91 Å². The van der Waals surface area contributed by atoms with Gasteiger partial charge in [-0.3, -0.25) is 15.1 Å². The molecule has 0 bridgehead atoms. The SMILES string of the molecule is N#CN=C(N)NC(=O)c1cnccn1. The number of hydrogen-bond donors (Lipinski definition) is 2. The fourth-order valence-corrected chi connectivity index (χ4v) is 0.679. The summed E-state index contributed by atoms with van der Waals surface area (Å²) in [6.07, 6.45) is 5.51. The number of amides is 1. The van der Waals surface area contributed by atoms with Crippen LogP contribution in [-0.4, -0.2) is 21.8 Å². The number of aromatic nitrogens is 2. The number of guanidine groups is 1. The number of aliphatic imine (C=N–C) groups is 1. The van der Waals surface area contributed by atoms with Crippen LogP contribution >= 0.6 is 0 Å². The second-order valence-electron chi connectivity index (χ2n) is 2.14. The Morgan fingerprint density at radius 1 is 1.64 bits per heavy atom. The Morgan fingerprint density at radius 3 is 3.00 bits per heavy atom. The molecule has 0 aromatic carbocycles. The zero-order chi connectivity index (χ0) is 10.4. The quantitative estimate of drug-likeness (QED) is 0.334. The lowest BCUT2D eigenvalue weighted by atomic mass is 10.4. The molecule has 1 aromatic heterocycles. The number of hydrogen-bond acceptors (Lipinski definition) is 5. The number of nitrogens with one attached hydrogen (secondary N) is 1. The first-order chi connectivity index (χ1) is 6.74. The minimum atomic E-state index is -0.561. The molecule has 3 N–H and O–H groups in total. The van der Waals surface area contributed by atoms with E-state index < -0.39 is 5.91 Å². The van der Waals surface area contributed by atoms with Crippen molar-refractivity contribution in [3.63, 3.8) is 0 Å². The average Bonchev–Trinajstić information content (AvgIpc) is 2.19. The molecular formula is C7H6N6O.